The molecule has 0 saturated carbocycles. The number of rotatable bonds is 5. The third-order valence-corrected chi connectivity index (χ3v) is 6.82. The van der Waals surface area contributed by atoms with Crippen molar-refractivity contribution in [3.05, 3.63) is 87.1 Å². The van der Waals surface area contributed by atoms with Gasteiger partial charge in [0.25, 0.3) is 11.7 Å². The van der Waals surface area contributed by atoms with Crippen LogP contribution in [0, 0.1) is 6.92 Å². The van der Waals surface area contributed by atoms with E-state index in [9.17, 15) is 14.7 Å². The predicted octanol–water partition coefficient (Wildman–Crippen LogP) is 6.38. The molecule has 0 spiro atoms. The Bertz CT molecular complexity index is 1270. The summed E-state index contributed by atoms with van der Waals surface area (Å²) in [6.07, 6.45) is 0. The van der Waals surface area contributed by atoms with Gasteiger partial charge in [-0.15, -0.1) is 11.3 Å². The Labute approximate surface area is 204 Å². The third-order valence-electron chi connectivity index (χ3n) is 5.90. The van der Waals surface area contributed by atoms with Crippen LogP contribution in [0.4, 0.5) is 5.69 Å². The van der Waals surface area contributed by atoms with Crippen molar-refractivity contribution in [1.29, 1.82) is 0 Å². The molecule has 1 saturated heterocycles. The number of hydrogen-bond donors (Lipinski definition) is 1. The van der Waals surface area contributed by atoms with E-state index in [1.165, 1.54) is 16.2 Å². The van der Waals surface area contributed by atoms with E-state index in [1.54, 1.807) is 6.07 Å². The fraction of sp³-hybridized carbons (Fsp3) is 0.286. The topological polar surface area (TPSA) is 66.8 Å². The number of carbonyl (C=O) groups is 2. The maximum Gasteiger partial charge on any atom is 0.300 e. The number of aryl methyl sites for hydroxylation is 1. The largest absolute Gasteiger partial charge is 0.507 e. The van der Waals surface area contributed by atoms with E-state index in [1.807, 2.05) is 67.8 Å². The molecular weight excluding hydrogens is 446 g/mol. The summed E-state index contributed by atoms with van der Waals surface area (Å²) in [4.78, 5) is 28.9. The van der Waals surface area contributed by atoms with Crippen LogP contribution in [0.5, 0.6) is 5.75 Å². The highest BCUT2D eigenvalue weighted by Crippen LogP contribution is 2.44. The number of carbonyl (C=O) groups excluding carboxylic acids is 2. The highest BCUT2D eigenvalue weighted by Gasteiger charge is 2.47. The lowest BCUT2D eigenvalue weighted by atomic mass is 9.84. The zero-order valence-corrected chi connectivity index (χ0v) is 20.9. The van der Waals surface area contributed by atoms with Crippen molar-refractivity contribution in [3.8, 4) is 5.75 Å². The lowest BCUT2D eigenvalue weighted by Crippen LogP contribution is -2.29. The number of amides is 1. The van der Waals surface area contributed by atoms with Crippen molar-refractivity contribution >= 4 is 34.5 Å². The minimum atomic E-state index is -0.702. The molecule has 1 aliphatic heterocycles. The normalized spacial score (nSPS) is 17.9. The first-order chi connectivity index (χ1) is 16.1. The van der Waals surface area contributed by atoms with Gasteiger partial charge in [0, 0.05) is 21.7 Å². The summed E-state index contributed by atoms with van der Waals surface area (Å²) in [6.45, 7) is 10.6. The molecule has 1 N–H and O–H groups in total. The van der Waals surface area contributed by atoms with E-state index in [4.69, 9.17) is 4.74 Å². The molecule has 2 aromatic carbocycles. The monoisotopic (exact) mass is 475 g/mol. The second-order valence-electron chi connectivity index (χ2n) is 9.42. The van der Waals surface area contributed by atoms with Crippen LogP contribution in [-0.4, -0.2) is 23.4 Å². The molecule has 34 heavy (non-hydrogen) atoms. The molecule has 1 fully saturated rings. The highest BCUT2D eigenvalue weighted by molar-refractivity contribution is 7.10. The summed E-state index contributed by atoms with van der Waals surface area (Å²) < 4.78 is 5.80. The standard InChI is InChI=1S/C28H29NO4S/c1-6-33-21-13-12-18(16-20(21)28(3,4)5)25(30)23-24(22-11-8-14-34-22)29(27(32)26(23)31)19-10-7-9-17(2)15-19/h7-16,24,30H,6H2,1-5H3/b25-23-. The predicted molar refractivity (Wildman–Crippen MR) is 137 cm³/mol. The van der Waals surface area contributed by atoms with Crippen molar-refractivity contribution in [2.45, 2.75) is 46.1 Å². The molecule has 1 unspecified atom stereocenters. The lowest BCUT2D eigenvalue weighted by molar-refractivity contribution is -0.132. The van der Waals surface area contributed by atoms with Crippen LogP contribution in [-0.2, 0) is 15.0 Å². The van der Waals surface area contributed by atoms with Gasteiger partial charge in [-0.25, -0.2) is 0 Å². The smallest absolute Gasteiger partial charge is 0.300 e. The van der Waals surface area contributed by atoms with Gasteiger partial charge < -0.3 is 9.84 Å². The Morgan fingerprint density at radius 2 is 1.85 bits per heavy atom. The van der Waals surface area contributed by atoms with Crippen molar-refractivity contribution in [2.75, 3.05) is 11.5 Å². The minimum Gasteiger partial charge on any atom is -0.507 e. The van der Waals surface area contributed by atoms with E-state index in [0.717, 1.165) is 21.8 Å². The Hall–Kier alpha value is -3.38. The van der Waals surface area contributed by atoms with Crippen LogP contribution >= 0.6 is 11.3 Å². The number of ketones is 1. The van der Waals surface area contributed by atoms with Crippen LogP contribution in [0.1, 0.15) is 55.3 Å². The summed E-state index contributed by atoms with van der Waals surface area (Å²) in [5, 5.41) is 13.4. The molecule has 0 aliphatic carbocycles. The number of benzene rings is 2. The van der Waals surface area contributed by atoms with Gasteiger partial charge in [0.15, 0.2) is 0 Å². The molecule has 0 bridgehead atoms. The first kappa shape index (κ1) is 23.8. The van der Waals surface area contributed by atoms with Gasteiger partial charge in [-0.2, -0.15) is 0 Å². The summed E-state index contributed by atoms with van der Waals surface area (Å²) >= 11 is 1.45. The van der Waals surface area contributed by atoms with E-state index >= 15 is 0 Å². The van der Waals surface area contributed by atoms with Gasteiger partial charge in [0.2, 0.25) is 0 Å². The molecule has 4 rings (SSSR count). The fourth-order valence-corrected chi connectivity index (χ4v) is 5.12. The van der Waals surface area contributed by atoms with Crippen LogP contribution < -0.4 is 9.64 Å². The van der Waals surface area contributed by atoms with Gasteiger partial charge in [0.1, 0.15) is 17.6 Å². The fourth-order valence-electron chi connectivity index (χ4n) is 4.29. The van der Waals surface area contributed by atoms with Crippen LogP contribution in [0.2, 0.25) is 0 Å². The van der Waals surface area contributed by atoms with Crippen LogP contribution in [0.3, 0.4) is 0 Å². The summed E-state index contributed by atoms with van der Waals surface area (Å²) in [5.41, 5.74) is 2.85. The van der Waals surface area contributed by atoms with E-state index < -0.39 is 17.7 Å². The second-order valence-corrected chi connectivity index (χ2v) is 10.4. The maximum atomic E-state index is 13.3. The average molecular weight is 476 g/mol. The zero-order chi connectivity index (χ0) is 24.6. The molecule has 1 aromatic heterocycles. The van der Waals surface area contributed by atoms with Gasteiger partial charge in [-0.05, 0) is 66.6 Å². The van der Waals surface area contributed by atoms with Crippen LogP contribution in [0.15, 0.2) is 65.6 Å². The number of thiophene rings is 1. The molecule has 5 nitrogen and oxygen atoms in total. The number of nitrogens with zero attached hydrogens (tertiary/aromatic N) is 1. The summed E-state index contributed by atoms with van der Waals surface area (Å²) in [7, 11) is 0. The molecule has 6 heteroatoms. The molecular formula is C28H29NO4S. The minimum absolute atomic E-state index is 0.0953. The Kier molecular flexibility index (Phi) is 6.36. The first-order valence-electron chi connectivity index (χ1n) is 11.3. The zero-order valence-electron chi connectivity index (χ0n) is 20.1. The molecule has 0 radical (unpaired) electrons. The number of hydrogen-bond acceptors (Lipinski definition) is 5. The van der Waals surface area contributed by atoms with E-state index in [0.29, 0.717) is 17.9 Å². The molecule has 176 valence electrons. The lowest BCUT2D eigenvalue weighted by Gasteiger charge is -2.25. The summed E-state index contributed by atoms with van der Waals surface area (Å²) in [6, 6.07) is 16.0. The SMILES string of the molecule is CCOc1ccc(/C(O)=C2/C(=O)C(=O)N(c3cccc(C)c3)C2c2cccs2)cc1C(C)(C)C. The quantitative estimate of drug-likeness (QED) is 0.264. The Morgan fingerprint density at radius 3 is 2.47 bits per heavy atom. The van der Waals surface area contributed by atoms with Crippen molar-refractivity contribution in [1.82, 2.24) is 0 Å². The van der Waals surface area contributed by atoms with Gasteiger partial charge in [-0.3, -0.25) is 14.5 Å². The van der Waals surface area contributed by atoms with Crippen molar-refractivity contribution in [3.63, 3.8) is 0 Å². The van der Waals surface area contributed by atoms with Crippen LogP contribution in [0.25, 0.3) is 5.76 Å². The second kappa shape index (κ2) is 9.11. The Balaban J connectivity index is 1.92. The van der Waals surface area contributed by atoms with Crippen molar-refractivity contribution in [2.24, 2.45) is 0 Å². The number of Topliss-reactive ketones (excluding diaryl/α,β-unsaturated/α-hetero) is 1. The van der Waals surface area contributed by atoms with Crippen molar-refractivity contribution < 1.29 is 19.4 Å². The number of aliphatic hydroxyl groups excluding tert-OH is 1. The van der Waals surface area contributed by atoms with Gasteiger partial charge in [-0.1, -0.05) is 39.0 Å². The van der Waals surface area contributed by atoms with Gasteiger partial charge in [0.05, 0.1) is 12.2 Å². The first-order valence-corrected chi connectivity index (χ1v) is 12.2. The highest BCUT2D eigenvalue weighted by atomic mass is 32.1. The average Bonchev–Trinajstić information content (AvgIpc) is 3.40. The molecule has 2 heterocycles. The number of aliphatic hydroxyl groups is 1. The number of ether oxygens (including phenoxy) is 1. The van der Waals surface area contributed by atoms with Gasteiger partial charge >= 0.3 is 0 Å². The molecule has 1 atom stereocenters. The van der Waals surface area contributed by atoms with E-state index in [2.05, 4.69) is 20.8 Å². The molecule has 3 aromatic rings. The molecule has 1 amide bonds. The maximum absolute atomic E-state index is 13.3. The third kappa shape index (κ3) is 4.26. The molecule has 1 aliphatic rings. The Morgan fingerprint density at radius 1 is 1.09 bits per heavy atom. The van der Waals surface area contributed by atoms with E-state index in [-0.39, 0.29) is 16.7 Å². The summed E-state index contributed by atoms with van der Waals surface area (Å²) in [5.74, 6) is -0.779. The number of anilines is 1.